The summed E-state index contributed by atoms with van der Waals surface area (Å²) >= 11 is 0. The number of rotatable bonds is 3. The number of nitrogens with zero attached hydrogens (tertiary/aromatic N) is 2. The van der Waals surface area contributed by atoms with Gasteiger partial charge in [-0.1, -0.05) is 12.1 Å². The third-order valence-electron chi connectivity index (χ3n) is 3.60. The molecule has 0 aliphatic carbocycles. The van der Waals surface area contributed by atoms with E-state index in [9.17, 15) is 9.59 Å². The molecular weight excluding hydrogens is 292 g/mol. The molecular formula is C17H16N4O2. The molecule has 0 bridgehead atoms. The summed E-state index contributed by atoms with van der Waals surface area (Å²) in [5.41, 5.74) is 3.61. The summed E-state index contributed by atoms with van der Waals surface area (Å²) in [6.07, 6.45) is 1.43. The van der Waals surface area contributed by atoms with E-state index in [1.165, 1.54) is 6.20 Å². The third kappa shape index (κ3) is 3.11. The van der Waals surface area contributed by atoms with Gasteiger partial charge < -0.3 is 10.3 Å². The van der Waals surface area contributed by atoms with Crippen LogP contribution < -0.4 is 10.9 Å². The maximum atomic E-state index is 12.2. The van der Waals surface area contributed by atoms with Crippen molar-refractivity contribution in [1.82, 2.24) is 20.3 Å². The molecule has 0 unspecified atom stereocenters. The lowest BCUT2D eigenvalue weighted by Gasteiger charge is -2.08. The predicted molar refractivity (Wildman–Crippen MR) is 87.2 cm³/mol. The van der Waals surface area contributed by atoms with Crippen LogP contribution in [0.2, 0.25) is 0 Å². The van der Waals surface area contributed by atoms with Gasteiger partial charge in [0.1, 0.15) is 5.69 Å². The van der Waals surface area contributed by atoms with Gasteiger partial charge in [0.2, 0.25) is 0 Å². The molecule has 0 saturated heterocycles. The number of amides is 1. The number of H-pyrrole nitrogens is 1. The number of nitrogens with one attached hydrogen (secondary N) is 2. The van der Waals surface area contributed by atoms with E-state index < -0.39 is 0 Å². The summed E-state index contributed by atoms with van der Waals surface area (Å²) in [6.45, 7) is 3.82. The standard InChI is InChI=1S/C17H16N4O2/c1-10-7-11(2)20-16(22)12(10)8-19-17(23)15-9-18-13-5-3-4-6-14(13)21-15/h3-7,9H,8H2,1-2H3,(H,19,23)(H,20,22). The molecule has 6 nitrogen and oxygen atoms in total. The van der Waals surface area contributed by atoms with E-state index in [4.69, 9.17) is 0 Å². The van der Waals surface area contributed by atoms with Crippen LogP contribution in [0.3, 0.4) is 0 Å². The zero-order valence-corrected chi connectivity index (χ0v) is 12.9. The molecule has 1 aromatic carbocycles. The number of benzene rings is 1. The molecule has 6 heteroatoms. The van der Waals surface area contributed by atoms with E-state index in [0.29, 0.717) is 11.1 Å². The van der Waals surface area contributed by atoms with Crippen LogP contribution in [0.25, 0.3) is 11.0 Å². The van der Waals surface area contributed by atoms with Crippen LogP contribution in [0.5, 0.6) is 0 Å². The maximum Gasteiger partial charge on any atom is 0.271 e. The molecule has 0 atom stereocenters. The minimum atomic E-state index is -0.359. The van der Waals surface area contributed by atoms with Crippen molar-refractivity contribution in [3.63, 3.8) is 0 Å². The Morgan fingerprint density at radius 2 is 1.96 bits per heavy atom. The number of carbonyl (C=O) groups is 1. The zero-order valence-electron chi connectivity index (χ0n) is 12.9. The Morgan fingerprint density at radius 1 is 1.22 bits per heavy atom. The van der Waals surface area contributed by atoms with Crippen LogP contribution in [0.15, 0.2) is 41.3 Å². The van der Waals surface area contributed by atoms with Crippen molar-refractivity contribution in [3.05, 3.63) is 69.4 Å². The fourth-order valence-corrected chi connectivity index (χ4v) is 2.43. The Balaban J connectivity index is 1.80. The van der Waals surface area contributed by atoms with E-state index in [1.54, 1.807) is 6.07 Å². The normalized spacial score (nSPS) is 10.7. The number of pyridine rings is 1. The van der Waals surface area contributed by atoms with Crippen LogP contribution in [-0.4, -0.2) is 20.9 Å². The molecule has 0 aliphatic heterocycles. The number of hydrogen-bond acceptors (Lipinski definition) is 4. The van der Waals surface area contributed by atoms with Gasteiger partial charge in [0.25, 0.3) is 11.5 Å². The lowest BCUT2D eigenvalue weighted by atomic mass is 10.1. The molecule has 0 fully saturated rings. The number of carbonyl (C=O) groups excluding carboxylic acids is 1. The van der Waals surface area contributed by atoms with E-state index in [2.05, 4.69) is 20.3 Å². The van der Waals surface area contributed by atoms with Gasteiger partial charge in [0.05, 0.1) is 17.2 Å². The van der Waals surface area contributed by atoms with Crippen molar-refractivity contribution in [2.45, 2.75) is 20.4 Å². The number of aromatic nitrogens is 3. The van der Waals surface area contributed by atoms with Gasteiger partial charge in [-0.25, -0.2) is 4.98 Å². The molecule has 2 N–H and O–H groups in total. The van der Waals surface area contributed by atoms with E-state index >= 15 is 0 Å². The highest BCUT2D eigenvalue weighted by Crippen LogP contribution is 2.09. The summed E-state index contributed by atoms with van der Waals surface area (Å²) < 4.78 is 0. The zero-order chi connectivity index (χ0) is 16.4. The Morgan fingerprint density at radius 3 is 2.70 bits per heavy atom. The van der Waals surface area contributed by atoms with Gasteiger partial charge in [-0.3, -0.25) is 14.6 Å². The molecule has 0 spiro atoms. The summed E-state index contributed by atoms with van der Waals surface area (Å²) in [4.78, 5) is 35.4. The van der Waals surface area contributed by atoms with Crippen molar-refractivity contribution in [1.29, 1.82) is 0 Å². The van der Waals surface area contributed by atoms with Crippen LogP contribution in [0.1, 0.15) is 27.3 Å². The monoisotopic (exact) mass is 308 g/mol. The SMILES string of the molecule is Cc1cc(C)c(CNC(=O)c2cnc3ccccc3n2)c(=O)[nH]1. The Kier molecular flexibility index (Phi) is 3.89. The van der Waals surface area contributed by atoms with Crippen molar-refractivity contribution < 1.29 is 4.79 Å². The quantitative estimate of drug-likeness (QED) is 0.773. The molecule has 23 heavy (non-hydrogen) atoms. The summed E-state index contributed by atoms with van der Waals surface area (Å²) in [7, 11) is 0. The summed E-state index contributed by atoms with van der Waals surface area (Å²) in [5, 5.41) is 2.72. The average Bonchev–Trinajstić information content (AvgIpc) is 2.53. The van der Waals surface area contributed by atoms with Gasteiger partial charge in [-0.05, 0) is 37.6 Å². The van der Waals surface area contributed by atoms with Gasteiger partial charge in [-0.2, -0.15) is 0 Å². The molecule has 3 rings (SSSR count). The number of fused-ring (bicyclic) bond motifs is 1. The van der Waals surface area contributed by atoms with Crippen molar-refractivity contribution >= 4 is 16.9 Å². The number of aromatic amines is 1. The molecule has 116 valence electrons. The van der Waals surface area contributed by atoms with E-state index in [0.717, 1.165) is 16.8 Å². The first kappa shape index (κ1) is 14.9. The lowest BCUT2D eigenvalue weighted by Crippen LogP contribution is -2.28. The van der Waals surface area contributed by atoms with E-state index in [-0.39, 0.29) is 23.7 Å². The fourth-order valence-electron chi connectivity index (χ4n) is 2.43. The van der Waals surface area contributed by atoms with Crippen molar-refractivity contribution in [2.75, 3.05) is 0 Å². The Bertz CT molecular complexity index is 947. The van der Waals surface area contributed by atoms with Crippen LogP contribution >= 0.6 is 0 Å². The first-order chi connectivity index (χ1) is 11.0. The second kappa shape index (κ2) is 6.00. The second-order valence-corrected chi connectivity index (χ2v) is 5.37. The lowest BCUT2D eigenvalue weighted by molar-refractivity contribution is 0.0946. The Labute approximate surface area is 132 Å². The Hall–Kier alpha value is -3.02. The van der Waals surface area contributed by atoms with Crippen molar-refractivity contribution in [2.24, 2.45) is 0 Å². The molecule has 1 amide bonds. The molecule has 0 saturated carbocycles. The van der Waals surface area contributed by atoms with Crippen LogP contribution in [0, 0.1) is 13.8 Å². The minimum absolute atomic E-state index is 0.148. The second-order valence-electron chi connectivity index (χ2n) is 5.37. The third-order valence-corrected chi connectivity index (χ3v) is 3.60. The summed E-state index contributed by atoms with van der Waals surface area (Å²) in [6, 6.07) is 9.21. The fraction of sp³-hybridized carbons (Fsp3) is 0.176. The number of aryl methyl sites for hydroxylation is 2. The maximum absolute atomic E-state index is 12.2. The average molecular weight is 308 g/mol. The number of hydrogen-bond donors (Lipinski definition) is 2. The minimum Gasteiger partial charge on any atom is -0.346 e. The summed E-state index contributed by atoms with van der Waals surface area (Å²) in [5.74, 6) is -0.359. The highest BCUT2D eigenvalue weighted by molar-refractivity contribution is 5.93. The molecule has 0 radical (unpaired) electrons. The molecule has 0 aliphatic rings. The first-order valence-corrected chi connectivity index (χ1v) is 7.24. The highest BCUT2D eigenvalue weighted by atomic mass is 16.2. The highest BCUT2D eigenvalue weighted by Gasteiger charge is 2.11. The smallest absolute Gasteiger partial charge is 0.271 e. The molecule has 3 aromatic rings. The van der Waals surface area contributed by atoms with Crippen LogP contribution in [-0.2, 0) is 6.54 Å². The van der Waals surface area contributed by atoms with E-state index in [1.807, 2.05) is 38.1 Å². The van der Waals surface area contributed by atoms with Gasteiger partial charge in [-0.15, -0.1) is 0 Å². The first-order valence-electron chi connectivity index (χ1n) is 7.24. The molecule has 2 heterocycles. The largest absolute Gasteiger partial charge is 0.346 e. The van der Waals surface area contributed by atoms with Gasteiger partial charge in [0.15, 0.2) is 0 Å². The predicted octanol–water partition coefficient (Wildman–Crippen LogP) is 1.86. The molecule has 2 aromatic heterocycles. The van der Waals surface area contributed by atoms with Crippen LogP contribution in [0.4, 0.5) is 0 Å². The van der Waals surface area contributed by atoms with Gasteiger partial charge in [0, 0.05) is 17.8 Å². The topological polar surface area (TPSA) is 87.7 Å². The van der Waals surface area contributed by atoms with Crippen molar-refractivity contribution in [3.8, 4) is 0 Å². The number of para-hydroxylation sites is 2. The van der Waals surface area contributed by atoms with Gasteiger partial charge >= 0.3 is 0 Å².